The Morgan fingerprint density at radius 3 is 2.44 bits per heavy atom. The van der Waals surface area contributed by atoms with E-state index < -0.39 is 17.8 Å². The molecule has 3 aromatic heterocycles. The topological polar surface area (TPSA) is 48.5 Å². The quantitative estimate of drug-likeness (QED) is 0.259. The van der Waals surface area contributed by atoms with Gasteiger partial charge in [0.25, 0.3) is 0 Å². The molecule has 0 aromatic carbocycles. The molecule has 0 saturated heterocycles. The first-order valence-corrected chi connectivity index (χ1v) is 8.41. The molecule has 0 unspecified atom stereocenters. The molecule has 12 heteroatoms. The average molecular weight is 456 g/mol. The second kappa shape index (κ2) is 7.46. The van der Waals surface area contributed by atoms with Crippen molar-refractivity contribution in [1.82, 2.24) is 24.1 Å². The van der Waals surface area contributed by atoms with E-state index in [0.717, 1.165) is 17.0 Å². The third-order valence-corrected chi connectivity index (χ3v) is 4.79. The smallest absolute Gasteiger partial charge is 0.444 e. The molecule has 5 nitrogen and oxygen atoms in total. The maximum atomic E-state index is 13.5. The van der Waals surface area contributed by atoms with E-state index in [1.54, 1.807) is 23.2 Å². The molecule has 0 amide bonds. The normalized spacial score (nSPS) is 12.4. The van der Waals surface area contributed by atoms with Crippen molar-refractivity contribution in [3.63, 3.8) is 0 Å². The van der Waals surface area contributed by atoms with Crippen LogP contribution in [-0.2, 0) is 39.5 Å². The fourth-order valence-corrected chi connectivity index (χ4v) is 3.22. The summed E-state index contributed by atoms with van der Waals surface area (Å²) in [5.74, 6) is -3.96. The Labute approximate surface area is 168 Å². The summed E-state index contributed by atoms with van der Waals surface area (Å²) in [7, 11) is 3.36. The van der Waals surface area contributed by atoms with Gasteiger partial charge in [0.05, 0.1) is 23.1 Å². The van der Waals surface area contributed by atoms with Crippen LogP contribution in [0.4, 0.5) is 22.0 Å². The maximum absolute atomic E-state index is 13.5. The van der Waals surface area contributed by atoms with E-state index in [2.05, 4.69) is 21.3 Å². The van der Waals surface area contributed by atoms with Crippen LogP contribution < -0.4 is 0 Å². The number of pyridine rings is 1. The zero-order valence-electron chi connectivity index (χ0n) is 14.6. The first-order valence-electron chi connectivity index (χ1n) is 7.43. The van der Waals surface area contributed by atoms with Gasteiger partial charge in [-0.2, -0.15) is 33.7 Å². The minimum Gasteiger partial charge on any atom is -0.444 e. The van der Waals surface area contributed by atoms with Crippen molar-refractivity contribution < 1.29 is 41.4 Å². The van der Waals surface area contributed by atoms with E-state index in [1.807, 2.05) is 6.92 Å². The van der Waals surface area contributed by atoms with E-state index in [9.17, 15) is 22.0 Å². The van der Waals surface area contributed by atoms with Crippen LogP contribution in [0.3, 0.4) is 0 Å². The van der Waals surface area contributed by atoms with Crippen LogP contribution in [0.25, 0.3) is 22.6 Å². The average Bonchev–Trinajstić information content (AvgIpc) is 3.07. The molecule has 0 N–H and O–H groups in total. The number of rotatable bonds is 4. The van der Waals surface area contributed by atoms with Gasteiger partial charge in [0.2, 0.25) is 0 Å². The number of hydrogen-bond donors (Lipinski definition) is 0. The largest absolute Gasteiger partial charge is 0.459 e. The van der Waals surface area contributed by atoms with Gasteiger partial charge in [-0.15, -0.1) is 0 Å². The fourth-order valence-electron chi connectivity index (χ4n) is 2.44. The standard InChI is InChI=1S/C15H13F5N5S.Zn/c1-4-26-13-11(22-7-24(13)2)12-23-8-5-10(14(16,17)15(18,19)20)21-6-9(8)25(12)3;/h5-6H,4H2,1-3H3;/q-1;. The second-order valence-corrected chi connectivity index (χ2v) is 6.74. The van der Waals surface area contributed by atoms with Crippen LogP contribution in [0, 0.1) is 6.33 Å². The van der Waals surface area contributed by atoms with E-state index in [1.165, 1.54) is 11.8 Å². The van der Waals surface area contributed by atoms with Crippen molar-refractivity contribution >= 4 is 22.8 Å². The minimum absolute atomic E-state index is 0. The van der Waals surface area contributed by atoms with Crippen molar-refractivity contribution in [2.24, 2.45) is 14.1 Å². The molecule has 142 valence electrons. The molecule has 0 aliphatic rings. The van der Waals surface area contributed by atoms with Crippen molar-refractivity contribution in [2.75, 3.05) is 5.75 Å². The third-order valence-electron chi connectivity index (χ3n) is 3.76. The molecule has 0 aliphatic carbocycles. The Morgan fingerprint density at radius 2 is 1.85 bits per heavy atom. The third kappa shape index (κ3) is 3.61. The van der Waals surface area contributed by atoms with Gasteiger partial charge in [-0.25, -0.2) is 4.98 Å². The molecule has 3 aromatic rings. The van der Waals surface area contributed by atoms with E-state index in [-0.39, 0.29) is 25.0 Å². The number of halogens is 5. The number of alkyl halides is 5. The molecule has 3 heterocycles. The van der Waals surface area contributed by atoms with Crippen LogP contribution in [0.2, 0.25) is 0 Å². The molecule has 0 radical (unpaired) electrons. The molecular weight excluding hydrogens is 443 g/mol. The summed E-state index contributed by atoms with van der Waals surface area (Å²) in [6.45, 7) is 1.95. The molecule has 0 fully saturated rings. The van der Waals surface area contributed by atoms with Crippen LogP contribution in [0.1, 0.15) is 12.6 Å². The molecule has 0 aliphatic heterocycles. The molecule has 0 spiro atoms. The van der Waals surface area contributed by atoms with Crippen LogP contribution in [0.15, 0.2) is 17.3 Å². The maximum Gasteiger partial charge on any atom is 0.459 e. The van der Waals surface area contributed by atoms with Gasteiger partial charge in [-0.1, -0.05) is 11.9 Å². The van der Waals surface area contributed by atoms with Gasteiger partial charge in [0, 0.05) is 32.9 Å². The first kappa shape index (κ1) is 21.8. The Balaban J connectivity index is 0.00000261. The van der Waals surface area contributed by atoms with Crippen molar-refractivity contribution in [2.45, 2.75) is 24.0 Å². The first-order chi connectivity index (χ1) is 12.1. The Bertz CT molecular complexity index is 966. The van der Waals surface area contributed by atoms with E-state index in [4.69, 9.17) is 0 Å². The number of fused-ring (bicyclic) bond motifs is 1. The van der Waals surface area contributed by atoms with Gasteiger partial charge in [-0.3, -0.25) is 4.98 Å². The Hall–Kier alpha value is -1.55. The van der Waals surface area contributed by atoms with Gasteiger partial charge in [-0.05, 0) is 24.6 Å². The Morgan fingerprint density at radius 1 is 1.19 bits per heavy atom. The van der Waals surface area contributed by atoms with Crippen molar-refractivity contribution in [3.05, 3.63) is 24.3 Å². The molecular formula is C15H13F5N5SZn-. The predicted molar refractivity (Wildman–Crippen MR) is 85.9 cm³/mol. The van der Waals surface area contributed by atoms with Gasteiger partial charge in [0.1, 0.15) is 5.69 Å². The van der Waals surface area contributed by atoms with Crippen LogP contribution in [-0.4, -0.2) is 36.0 Å². The summed E-state index contributed by atoms with van der Waals surface area (Å²) in [4.78, 5) is 11.7. The number of aryl methyl sites for hydroxylation is 2. The summed E-state index contributed by atoms with van der Waals surface area (Å²) < 4.78 is 68.0. The van der Waals surface area contributed by atoms with Crippen LogP contribution in [0.5, 0.6) is 0 Å². The fraction of sp³-hybridized carbons (Fsp3) is 0.400. The van der Waals surface area contributed by atoms with Crippen molar-refractivity contribution in [1.29, 1.82) is 0 Å². The minimum atomic E-state index is -5.73. The van der Waals surface area contributed by atoms with Gasteiger partial charge < -0.3 is 14.1 Å². The van der Waals surface area contributed by atoms with Gasteiger partial charge >= 0.3 is 12.1 Å². The number of hydrogen-bond acceptors (Lipinski definition) is 4. The monoisotopic (exact) mass is 454 g/mol. The second-order valence-electron chi connectivity index (χ2n) is 5.48. The van der Waals surface area contributed by atoms with Crippen molar-refractivity contribution in [3.8, 4) is 11.5 Å². The summed E-state index contributed by atoms with van der Waals surface area (Å²) in [5.41, 5.74) is -0.616. The summed E-state index contributed by atoms with van der Waals surface area (Å²) >= 11 is 1.49. The van der Waals surface area contributed by atoms with Gasteiger partial charge in [0.15, 0.2) is 0 Å². The zero-order valence-corrected chi connectivity index (χ0v) is 18.4. The number of aromatic nitrogens is 5. The number of thioether (sulfide) groups is 1. The molecule has 0 bridgehead atoms. The number of imidazole rings is 2. The SMILES string of the molecule is CCSc1c(-c2nc3cc(C(F)(F)C(F)(F)F)ncc3n2C)n[c-]n1C.[Zn]. The zero-order chi connectivity index (χ0) is 19.3. The molecule has 27 heavy (non-hydrogen) atoms. The Kier molecular flexibility index (Phi) is 6.01. The summed E-state index contributed by atoms with van der Waals surface area (Å²) in [6.07, 6.45) is -2.02. The molecule has 0 saturated carbocycles. The molecule has 3 rings (SSSR count). The predicted octanol–water partition coefficient (Wildman–Crippen LogP) is 3.93. The van der Waals surface area contributed by atoms with E-state index >= 15 is 0 Å². The summed E-state index contributed by atoms with van der Waals surface area (Å²) in [5, 5.41) is 0.764. The molecule has 0 atom stereocenters. The van der Waals surface area contributed by atoms with E-state index in [0.29, 0.717) is 23.1 Å². The number of nitrogens with zero attached hydrogens (tertiary/aromatic N) is 5. The summed E-state index contributed by atoms with van der Waals surface area (Å²) in [6, 6.07) is 0.658. The van der Waals surface area contributed by atoms with Crippen LogP contribution >= 0.6 is 11.8 Å².